The Hall–Kier alpha value is -2.08. The Morgan fingerprint density at radius 1 is 1.29 bits per heavy atom. The van der Waals surface area contributed by atoms with E-state index < -0.39 is 0 Å². The number of halogens is 1. The second kappa shape index (κ2) is 10.5. The first-order valence-corrected chi connectivity index (χ1v) is 10.7. The lowest BCUT2D eigenvalue weighted by Gasteiger charge is -2.33. The number of H-pyrrole nitrogens is 1. The molecule has 1 saturated heterocycles. The Morgan fingerprint density at radius 2 is 2.11 bits per heavy atom. The summed E-state index contributed by atoms with van der Waals surface area (Å²) in [4.78, 5) is 10.5. The van der Waals surface area contributed by atoms with Crippen LogP contribution in [-0.2, 0) is 6.42 Å². The predicted molar refractivity (Wildman–Crippen MR) is 115 cm³/mol. The van der Waals surface area contributed by atoms with Crippen LogP contribution < -0.4 is 10.6 Å². The van der Waals surface area contributed by atoms with Crippen molar-refractivity contribution in [2.75, 3.05) is 32.7 Å². The molecule has 0 amide bonds. The van der Waals surface area contributed by atoms with E-state index in [9.17, 15) is 4.39 Å². The van der Waals surface area contributed by atoms with Crippen LogP contribution in [0.4, 0.5) is 4.39 Å². The van der Waals surface area contributed by atoms with Crippen LogP contribution in [0.25, 0.3) is 10.9 Å². The molecule has 0 aliphatic carbocycles. The van der Waals surface area contributed by atoms with Crippen molar-refractivity contribution >= 4 is 16.9 Å². The molecule has 1 aromatic heterocycles. The molecule has 0 atom stereocenters. The fraction of sp³-hybridized carbons (Fsp3) is 0.591. The van der Waals surface area contributed by atoms with Crippen molar-refractivity contribution in [1.29, 1.82) is 0 Å². The molecule has 1 fully saturated rings. The van der Waals surface area contributed by atoms with Gasteiger partial charge in [-0.2, -0.15) is 0 Å². The summed E-state index contributed by atoms with van der Waals surface area (Å²) in [6.45, 7) is 9.42. The van der Waals surface area contributed by atoms with Gasteiger partial charge in [0.1, 0.15) is 5.82 Å². The maximum atomic E-state index is 13.5. The van der Waals surface area contributed by atoms with Gasteiger partial charge in [0, 0.05) is 49.3 Å². The van der Waals surface area contributed by atoms with Crippen molar-refractivity contribution in [1.82, 2.24) is 20.5 Å². The number of fused-ring (bicyclic) bond motifs is 1. The maximum Gasteiger partial charge on any atom is 0.191 e. The molecule has 0 bridgehead atoms. The number of unbranched alkanes of at least 4 members (excludes halogenated alkanes) is 1. The minimum Gasteiger partial charge on any atom is -0.361 e. The summed E-state index contributed by atoms with van der Waals surface area (Å²) in [5.41, 5.74) is 2.08. The molecular weight excluding hydrogens is 353 g/mol. The average Bonchev–Trinajstić information content (AvgIpc) is 3.09. The van der Waals surface area contributed by atoms with E-state index in [0.717, 1.165) is 61.3 Å². The first-order chi connectivity index (χ1) is 13.7. The summed E-state index contributed by atoms with van der Waals surface area (Å²) < 4.78 is 13.5. The Balaban J connectivity index is 1.52. The van der Waals surface area contributed by atoms with E-state index in [2.05, 4.69) is 34.4 Å². The highest BCUT2D eigenvalue weighted by Gasteiger charge is 2.19. The minimum atomic E-state index is -0.197. The molecule has 0 spiro atoms. The number of benzene rings is 1. The third kappa shape index (κ3) is 5.71. The number of piperidine rings is 1. The van der Waals surface area contributed by atoms with E-state index >= 15 is 0 Å². The number of nitrogens with zero attached hydrogens (tertiary/aromatic N) is 2. The molecule has 1 aliphatic heterocycles. The van der Waals surface area contributed by atoms with Gasteiger partial charge in [-0.15, -0.1) is 0 Å². The number of hydrogen-bond acceptors (Lipinski definition) is 2. The summed E-state index contributed by atoms with van der Waals surface area (Å²) in [5.74, 6) is 0.692. The molecular formula is C22H34FN5. The number of aromatic amines is 1. The zero-order chi connectivity index (χ0) is 19.8. The van der Waals surface area contributed by atoms with Crippen LogP contribution in [0.3, 0.4) is 0 Å². The fourth-order valence-electron chi connectivity index (χ4n) is 3.84. The molecule has 3 rings (SSSR count). The van der Waals surface area contributed by atoms with Gasteiger partial charge in [0.05, 0.1) is 0 Å². The normalized spacial score (nSPS) is 16.6. The Bertz CT molecular complexity index is 761. The lowest BCUT2D eigenvalue weighted by atomic mass is 10.0. The van der Waals surface area contributed by atoms with Crippen molar-refractivity contribution in [2.45, 2.75) is 52.0 Å². The molecule has 3 N–H and O–H groups in total. The maximum absolute atomic E-state index is 13.5. The lowest BCUT2D eigenvalue weighted by molar-refractivity contribution is 0.203. The molecule has 2 aromatic rings. The average molecular weight is 388 g/mol. The van der Waals surface area contributed by atoms with E-state index in [1.54, 1.807) is 12.1 Å². The first-order valence-electron chi connectivity index (χ1n) is 10.7. The van der Waals surface area contributed by atoms with E-state index in [1.165, 1.54) is 25.5 Å². The lowest BCUT2D eigenvalue weighted by Crippen LogP contribution is -2.48. The monoisotopic (exact) mass is 387 g/mol. The molecule has 5 nitrogen and oxygen atoms in total. The molecule has 2 heterocycles. The quantitative estimate of drug-likeness (QED) is 0.478. The van der Waals surface area contributed by atoms with Gasteiger partial charge in [0.25, 0.3) is 0 Å². The Kier molecular flexibility index (Phi) is 7.71. The van der Waals surface area contributed by atoms with Gasteiger partial charge >= 0.3 is 0 Å². The van der Waals surface area contributed by atoms with Crippen molar-refractivity contribution in [3.63, 3.8) is 0 Å². The molecule has 1 aromatic carbocycles. The van der Waals surface area contributed by atoms with Gasteiger partial charge in [0.15, 0.2) is 5.96 Å². The summed E-state index contributed by atoms with van der Waals surface area (Å²) in [6.07, 6.45) is 7.63. The Labute approximate surface area is 167 Å². The molecule has 28 heavy (non-hydrogen) atoms. The second-order valence-electron chi connectivity index (χ2n) is 7.63. The van der Waals surface area contributed by atoms with Crippen LogP contribution in [0.1, 0.15) is 45.1 Å². The number of likely N-dealkylation sites (tertiary alicyclic amines) is 1. The third-order valence-electron chi connectivity index (χ3n) is 5.48. The molecule has 6 heteroatoms. The number of aliphatic imine (C=N–C) groups is 1. The number of nitrogens with one attached hydrogen (secondary N) is 3. The van der Waals surface area contributed by atoms with Crippen molar-refractivity contribution in [3.8, 4) is 0 Å². The van der Waals surface area contributed by atoms with E-state index in [1.807, 2.05) is 6.20 Å². The largest absolute Gasteiger partial charge is 0.361 e. The van der Waals surface area contributed by atoms with Crippen LogP contribution in [-0.4, -0.2) is 54.6 Å². The smallest absolute Gasteiger partial charge is 0.191 e. The van der Waals surface area contributed by atoms with Crippen molar-refractivity contribution in [3.05, 3.63) is 35.8 Å². The Morgan fingerprint density at radius 3 is 2.86 bits per heavy atom. The van der Waals surface area contributed by atoms with Gasteiger partial charge in [-0.1, -0.05) is 13.3 Å². The number of rotatable bonds is 8. The van der Waals surface area contributed by atoms with E-state index in [4.69, 9.17) is 4.99 Å². The zero-order valence-electron chi connectivity index (χ0n) is 17.2. The number of aromatic nitrogens is 1. The third-order valence-corrected chi connectivity index (χ3v) is 5.48. The molecule has 154 valence electrons. The number of hydrogen-bond donors (Lipinski definition) is 3. The van der Waals surface area contributed by atoms with Crippen molar-refractivity contribution in [2.24, 2.45) is 4.99 Å². The first kappa shape index (κ1) is 20.6. The van der Waals surface area contributed by atoms with Crippen LogP contribution in [0.15, 0.2) is 29.4 Å². The summed E-state index contributed by atoms with van der Waals surface area (Å²) in [7, 11) is 0. The summed E-state index contributed by atoms with van der Waals surface area (Å²) in [5, 5.41) is 7.92. The summed E-state index contributed by atoms with van der Waals surface area (Å²) in [6, 6.07) is 5.36. The van der Waals surface area contributed by atoms with Gasteiger partial charge in [-0.05, 0) is 62.9 Å². The molecule has 1 aliphatic rings. The number of guanidine groups is 1. The molecule has 0 unspecified atom stereocenters. The summed E-state index contributed by atoms with van der Waals surface area (Å²) >= 11 is 0. The topological polar surface area (TPSA) is 55.5 Å². The SMILES string of the molecule is CCCCN1CCC(NC(=NCCc2c[nH]c3ccc(F)cc23)NCC)CC1. The minimum absolute atomic E-state index is 0.197. The molecule has 0 radical (unpaired) electrons. The second-order valence-corrected chi connectivity index (χ2v) is 7.63. The highest BCUT2D eigenvalue weighted by molar-refractivity contribution is 5.83. The van der Waals surface area contributed by atoms with Gasteiger partial charge in [0.2, 0.25) is 0 Å². The van der Waals surface area contributed by atoms with E-state index in [0.29, 0.717) is 12.6 Å². The standard InChI is InChI=1S/C22H34FN5/c1-3-5-12-28-13-9-19(10-14-28)27-22(24-4-2)25-11-8-17-16-26-21-7-6-18(23)15-20(17)21/h6-7,15-16,19,26H,3-5,8-14H2,1-2H3,(H2,24,25,27). The molecule has 0 saturated carbocycles. The van der Waals surface area contributed by atoms with E-state index in [-0.39, 0.29) is 5.82 Å². The zero-order valence-corrected chi connectivity index (χ0v) is 17.2. The fourth-order valence-corrected chi connectivity index (χ4v) is 3.84. The van der Waals surface area contributed by atoms with Gasteiger partial charge in [-0.3, -0.25) is 4.99 Å². The van der Waals surface area contributed by atoms with Crippen LogP contribution in [0, 0.1) is 5.82 Å². The predicted octanol–water partition coefficient (Wildman–Crippen LogP) is 3.67. The van der Waals surface area contributed by atoms with Crippen LogP contribution in [0.2, 0.25) is 0 Å². The van der Waals surface area contributed by atoms with Gasteiger partial charge in [-0.25, -0.2) is 4.39 Å². The highest BCUT2D eigenvalue weighted by atomic mass is 19.1. The van der Waals surface area contributed by atoms with Crippen LogP contribution in [0.5, 0.6) is 0 Å². The highest BCUT2D eigenvalue weighted by Crippen LogP contribution is 2.19. The van der Waals surface area contributed by atoms with Gasteiger partial charge < -0.3 is 20.5 Å². The van der Waals surface area contributed by atoms with Crippen molar-refractivity contribution < 1.29 is 4.39 Å². The van der Waals surface area contributed by atoms with Crippen LogP contribution >= 0.6 is 0 Å².